The Balaban J connectivity index is 2.24. The summed E-state index contributed by atoms with van der Waals surface area (Å²) < 4.78 is 26.5. The summed E-state index contributed by atoms with van der Waals surface area (Å²) in [6.45, 7) is 4.28. The van der Waals surface area contributed by atoms with Gasteiger partial charge in [-0.2, -0.15) is 0 Å². The van der Waals surface area contributed by atoms with Gasteiger partial charge in [-0.25, -0.2) is 13.1 Å². The maximum Gasteiger partial charge on any atom is 0.240 e. The lowest BCUT2D eigenvalue weighted by Crippen LogP contribution is -2.27. The van der Waals surface area contributed by atoms with Gasteiger partial charge in [-0.1, -0.05) is 13.8 Å². The first-order valence-electron chi connectivity index (χ1n) is 5.81. The van der Waals surface area contributed by atoms with Gasteiger partial charge in [-0.05, 0) is 29.7 Å². The molecule has 1 heterocycles. The number of carbonyl (C=O) groups is 1. The number of nitrogens with one attached hydrogen (secondary N) is 2. The average molecular weight is 268 g/mol. The summed E-state index contributed by atoms with van der Waals surface area (Å²) >= 11 is 0. The first-order chi connectivity index (χ1) is 8.38. The van der Waals surface area contributed by atoms with Gasteiger partial charge in [0.05, 0.1) is 11.3 Å². The quantitative estimate of drug-likeness (QED) is 0.859. The lowest BCUT2D eigenvalue weighted by atomic mass is 10.2. The minimum absolute atomic E-state index is 0.102. The number of sulfonamides is 1. The van der Waals surface area contributed by atoms with E-state index in [0.717, 1.165) is 5.56 Å². The molecule has 0 fully saturated rings. The second-order valence-corrected chi connectivity index (χ2v) is 6.56. The maximum atomic E-state index is 12.0. The molecule has 6 heteroatoms. The molecule has 0 bridgehead atoms. The molecule has 0 spiro atoms. The molecule has 0 aromatic heterocycles. The number of hydrogen-bond acceptors (Lipinski definition) is 3. The zero-order valence-electron chi connectivity index (χ0n) is 10.4. The number of amides is 1. The fourth-order valence-electron chi connectivity index (χ4n) is 1.73. The second-order valence-electron chi connectivity index (χ2n) is 4.79. The van der Waals surface area contributed by atoms with Crippen molar-refractivity contribution in [3.63, 3.8) is 0 Å². The molecule has 0 saturated heterocycles. The number of carbonyl (C=O) groups excluding carboxylic acids is 1. The van der Waals surface area contributed by atoms with Gasteiger partial charge in [-0.3, -0.25) is 4.79 Å². The highest BCUT2D eigenvalue weighted by Gasteiger charge is 2.21. The van der Waals surface area contributed by atoms with Crippen LogP contribution < -0.4 is 10.0 Å². The van der Waals surface area contributed by atoms with Gasteiger partial charge in [0.1, 0.15) is 0 Å². The van der Waals surface area contributed by atoms with Gasteiger partial charge in [0, 0.05) is 12.2 Å². The van der Waals surface area contributed by atoms with Crippen molar-refractivity contribution >= 4 is 21.6 Å². The summed E-state index contributed by atoms with van der Waals surface area (Å²) in [6, 6.07) is 4.69. The Labute approximate surface area is 107 Å². The Hall–Kier alpha value is -1.40. The fourth-order valence-corrected chi connectivity index (χ4v) is 3.00. The number of anilines is 1. The Morgan fingerprint density at radius 3 is 2.78 bits per heavy atom. The second kappa shape index (κ2) is 4.70. The molecule has 0 aliphatic carbocycles. The SMILES string of the molecule is CC(C)CNS(=O)(=O)c1ccc2c(c1)CC(=O)N2. The van der Waals surface area contributed by atoms with Crippen LogP contribution >= 0.6 is 0 Å². The predicted molar refractivity (Wildman–Crippen MR) is 68.8 cm³/mol. The highest BCUT2D eigenvalue weighted by molar-refractivity contribution is 7.89. The van der Waals surface area contributed by atoms with Gasteiger partial charge < -0.3 is 5.32 Å². The van der Waals surface area contributed by atoms with Crippen LogP contribution in [0.15, 0.2) is 23.1 Å². The molecule has 0 saturated carbocycles. The molecule has 0 unspecified atom stereocenters. The Kier molecular flexibility index (Phi) is 3.41. The molecule has 1 amide bonds. The molecule has 0 atom stereocenters. The summed E-state index contributed by atoms with van der Waals surface area (Å²) in [5.74, 6) is 0.145. The van der Waals surface area contributed by atoms with Crippen LogP contribution in [0.25, 0.3) is 0 Å². The first kappa shape index (κ1) is 13.0. The molecule has 18 heavy (non-hydrogen) atoms. The van der Waals surface area contributed by atoms with Crippen molar-refractivity contribution in [3.05, 3.63) is 23.8 Å². The third-order valence-electron chi connectivity index (χ3n) is 2.69. The molecule has 1 aromatic carbocycles. The Morgan fingerprint density at radius 2 is 2.11 bits per heavy atom. The van der Waals surface area contributed by atoms with Crippen molar-refractivity contribution in [2.24, 2.45) is 5.92 Å². The van der Waals surface area contributed by atoms with Crippen molar-refractivity contribution in [3.8, 4) is 0 Å². The Bertz CT molecular complexity index is 579. The first-order valence-corrected chi connectivity index (χ1v) is 7.29. The minimum atomic E-state index is -3.48. The van der Waals surface area contributed by atoms with Crippen LogP contribution in [0.2, 0.25) is 0 Å². The van der Waals surface area contributed by atoms with Crippen molar-refractivity contribution in [2.45, 2.75) is 25.2 Å². The van der Waals surface area contributed by atoms with Gasteiger partial charge >= 0.3 is 0 Å². The standard InChI is InChI=1S/C12H16N2O3S/c1-8(2)7-13-18(16,17)10-3-4-11-9(5-10)6-12(15)14-11/h3-5,8,13H,6-7H2,1-2H3,(H,14,15). The van der Waals surface area contributed by atoms with E-state index in [1.54, 1.807) is 12.1 Å². The Morgan fingerprint density at radius 1 is 1.39 bits per heavy atom. The number of benzene rings is 1. The van der Waals surface area contributed by atoms with E-state index in [2.05, 4.69) is 10.0 Å². The van der Waals surface area contributed by atoms with E-state index in [0.29, 0.717) is 12.2 Å². The van der Waals surface area contributed by atoms with Gasteiger partial charge in [0.25, 0.3) is 0 Å². The van der Waals surface area contributed by atoms with E-state index >= 15 is 0 Å². The van der Waals surface area contributed by atoms with Gasteiger partial charge in [-0.15, -0.1) is 0 Å². The lowest BCUT2D eigenvalue weighted by Gasteiger charge is -2.09. The summed E-state index contributed by atoms with van der Waals surface area (Å²) in [5, 5.41) is 2.67. The van der Waals surface area contributed by atoms with E-state index < -0.39 is 10.0 Å². The lowest BCUT2D eigenvalue weighted by molar-refractivity contribution is -0.115. The zero-order chi connectivity index (χ0) is 13.3. The van der Waals surface area contributed by atoms with Crippen LogP contribution in [0.1, 0.15) is 19.4 Å². The molecule has 2 rings (SSSR count). The molecular formula is C12H16N2O3S. The van der Waals surface area contributed by atoms with E-state index in [1.807, 2.05) is 13.8 Å². The maximum absolute atomic E-state index is 12.0. The topological polar surface area (TPSA) is 75.3 Å². The molecule has 1 aliphatic rings. The third-order valence-corrected chi connectivity index (χ3v) is 4.11. The minimum Gasteiger partial charge on any atom is -0.326 e. The summed E-state index contributed by atoms with van der Waals surface area (Å²) in [6.07, 6.45) is 0.239. The van der Waals surface area contributed by atoms with Crippen molar-refractivity contribution < 1.29 is 13.2 Å². The van der Waals surface area contributed by atoms with Crippen LogP contribution in [-0.2, 0) is 21.2 Å². The highest BCUT2D eigenvalue weighted by Crippen LogP contribution is 2.25. The monoisotopic (exact) mass is 268 g/mol. The van der Waals surface area contributed by atoms with E-state index in [-0.39, 0.29) is 23.1 Å². The normalized spacial score (nSPS) is 14.7. The molecule has 0 radical (unpaired) electrons. The molecule has 98 valence electrons. The summed E-state index contributed by atoms with van der Waals surface area (Å²) in [5.41, 5.74) is 1.43. The fraction of sp³-hybridized carbons (Fsp3) is 0.417. The third kappa shape index (κ3) is 2.70. The molecular weight excluding hydrogens is 252 g/mol. The van der Waals surface area contributed by atoms with Gasteiger partial charge in [0.15, 0.2) is 0 Å². The van der Waals surface area contributed by atoms with E-state index in [4.69, 9.17) is 0 Å². The van der Waals surface area contributed by atoms with Crippen LogP contribution in [0.3, 0.4) is 0 Å². The zero-order valence-corrected chi connectivity index (χ0v) is 11.2. The van der Waals surface area contributed by atoms with E-state index in [1.165, 1.54) is 6.07 Å². The average Bonchev–Trinajstić information content (AvgIpc) is 2.65. The molecule has 2 N–H and O–H groups in total. The van der Waals surface area contributed by atoms with Crippen molar-refractivity contribution in [1.29, 1.82) is 0 Å². The number of rotatable bonds is 4. The molecule has 5 nitrogen and oxygen atoms in total. The van der Waals surface area contributed by atoms with Crippen LogP contribution in [0.4, 0.5) is 5.69 Å². The van der Waals surface area contributed by atoms with Gasteiger partial charge in [0.2, 0.25) is 15.9 Å². The van der Waals surface area contributed by atoms with E-state index in [9.17, 15) is 13.2 Å². The summed E-state index contributed by atoms with van der Waals surface area (Å²) in [4.78, 5) is 11.4. The van der Waals surface area contributed by atoms with Crippen LogP contribution in [0.5, 0.6) is 0 Å². The predicted octanol–water partition coefficient (Wildman–Crippen LogP) is 1.12. The van der Waals surface area contributed by atoms with Crippen molar-refractivity contribution in [2.75, 3.05) is 11.9 Å². The largest absolute Gasteiger partial charge is 0.326 e. The summed E-state index contributed by atoms with van der Waals surface area (Å²) in [7, 11) is -3.48. The molecule has 1 aliphatic heterocycles. The smallest absolute Gasteiger partial charge is 0.240 e. The van der Waals surface area contributed by atoms with Crippen molar-refractivity contribution in [1.82, 2.24) is 4.72 Å². The van der Waals surface area contributed by atoms with Crippen LogP contribution in [-0.4, -0.2) is 20.9 Å². The highest BCUT2D eigenvalue weighted by atomic mass is 32.2. The van der Waals surface area contributed by atoms with Crippen LogP contribution in [0, 0.1) is 5.92 Å². The number of hydrogen-bond donors (Lipinski definition) is 2. The molecule has 1 aromatic rings. The number of fused-ring (bicyclic) bond motifs is 1.